The molecule has 362 valence electrons. The average molecular weight is 987 g/mol. The van der Waals surface area contributed by atoms with Crippen molar-refractivity contribution in [1.29, 1.82) is 0 Å². The zero-order chi connectivity index (χ0) is 50.3. The van der Waals surface area contributed by atoms with E-state index >= 15 is 0 Å². The van der Waals surface area contributed by atoms with Crippen molar-refractivity contribution < 1.29 is 44.3 Å². The second kappa shape index (κ2) is 23.9. The van der Waals surface area contributed by atoms with Gasteiger partial charge in [0.05, 0.1) is 20.9 Å². The monoisotopic (exact) mass is 986 g/mol. The molecule has 8 rings (SSSR count). The first kappa shape index (κ1) is 51.4. The molecule has 5 unspecified atom stereocenters. The van der Waals surface area contributed by atoms with Crippen molar-refractivity contribution in [3.05, 3.63) is 276 Å². The second-order valence-electron chi connectivity index (χ2n) is 17.2. The number of esters is 2. The van der Waals surface area contributed by atoms with Crippen molar-refractivity contribution in [2.75, 3.05) is 0 Å². The highest BCUT2D eigenvalue weighted by atomic mass is 32.2. The van der Waals surface area contributed by atoms with E-state index in [1.165, 1.54) is 24.3 Å². The third-order valence-corrected chi connectivity index (χ3v) is 14.4. The number of ether oxygens (including phenoxy) is 2. The lowest BCUT2D eigenvalue weighted by Gasteiger charge is -2.40. The van der Waals surface area contributed by atoms with Gasteiger partial charge in [-0.1, -0.05) is 215 Å². The number of carbonyl (C=O) groups is 2. The largest absolute Gasteiger partial charge is 0.453 e. The predicted molar refractivity (Wildman–Crippen MR) is 273 cm³/mol. The van der Waals surface area contributed by atoms with Crippen LogP contribution in [-0.4, -0.2) is 28.8 Å². The summed E-state index contributed by atoms with van der Waals surface area (Å²) in [5.74, 6) is -1.55. The molecule has 0 fully saturated rings. The summed E-state index contributed by atoms with van der Waals surface area (Å²) in [5, 5.41) is 0. The Bertz CT molecular complexity index is 3130. The first-order valence-electron chi connectivity index (χ1n) is 22.9. The highest BCUT2D eigenvalue weighted by Gasteiger charge is 2.45. The van der Waals surface area contributed by atoms with Gasteiger partial charge in [-0.3, -0.25) is 8.37 Å². The highest BCUT2D eigenvalue weighted by molar-refractivity contribution is 7.87. The standard InChI is InChI=1S/C30H28O5S.C29H26O5S/c1-30(2,27(23-15-7-3-8-16-23)34-29(31)25-19-11-5-12-20-25)28(24-17-9-4-10-18-24)35-36(32,33)26-21-13-6-14-22-26;1-22(27(23-14-6-2-7-15-23)33-29(30)25-18-10-4-11-19-25)28(24-16-8-3-9-17-24)34-35(31,32)26-20-12-5-13-21-26/h3-22,27-28H,1-2H3;2-22,27-28H,1H3. The zero-order valence-corrected chi connectivity index (χ0v) is 41.0. The lowest BCUT2D eigenvalue weighted by Crippen LogP contribution is -2.35. The first-order valence-corrected chi connectivity index (χ1v) is 25.7. The summed E-state index contributed by atoms with van der Waals surface area (Å²) in [6, 6.07) is 70.3. The van der Waals surface area contributed by atoms with Gasteiger partial charge < -0.3 is 9.47 Å². The zero-order valence-electron chi connectivity index (χ0n) is 39.4. The van der Waals surface area contributed by atoms with E-state index < -0.39 is 67.9 Å². The van der Waals surface area contributed by atoms with Crippen molar-refractivity contribution >= 4 is 32.2 Å². The van der Waals surface area contributed by atoms with E-state index in [0.717, 1.165) is 11.1 Å². The summed E-state index contributed by atoms with van der Waals surface area (Å²) >= 11 is 0. The van der Waals surface area contributed by atoms with E-state index in [1.54, 1.807) is 84.9 Å². The first-order chi connectivity index (χ1) is 34.2. The van der Waals surface area contributed by atoms with Crippen LogP contribution in [0.5, 0.6) is 0 Å². The Hall–Kier alpha value is -7.48. The van der Waals surface area contributed by atoms with Crippen LogP contribution in [0.15, 0.2) is 252 Å². The van der Waals surface area contributed by atoms with Gasteiger partial charge in [-0.15, -0.1) is 0 Å². The van der Waals surface area contributed by atoms with Crippen LogP contribution < -0.4 is 0 Å². The maximum Gasteiger partial charge on any atom is 0.338 e. The lowest BCUT2D eigenvalue weighted by atomic mass is 9.75. The Labute approximate surface area is 416 Å². The highest BCUT2D eigenvalue weighted by Crippen LogP contribution is 2.49. The molecule has 0 heterocycles. The SMILES string of the molecule is CC(C(OC(=O)c1ccccc1)c1ccccc1)C(OS(=O)(=O)c1ccccc1)c1ccccc1.CC(C)(C(OC(=O)c1ccccc1)c1ccccc1)C(OS(=O)(=O)c1ccccc1)c1ccccc1. The van der Waals surface area contributed by atoms with Crippen molar-refractivity contribution in [1.82, 2.24) is 0 Å². The van der Waals surface area contributed by atoms with E-state index in [0.29, 0.717) is 22.3 Å². The maximum atomic E-state index is 13.3. The van der Waals surface area contributed by atoms with Gasteiger partial charge in [-0.05, 0) is 70.8 Å². The van der Waals surface area contributed by atoms with E-state index in [1.807, 2.05) is 154 Å². The quantitative estimate of drug-likeness (QED) is 0.0603. The predicted octanol–water partition coefficient (Wildman–Crippen LogP) is 13.1. The van der Waals surface area contributed by atoms with Crippen LogP contribution in [0.3, 0.4) is 0 Å². The Morgan fingerprint density at radius 3 is 1.06 bits per heavy atom. The fourth-order valence-corrected chi connectivity index (χ4v) is 10.5. The lowest BCUT2D eigenvalue weighted by molar-refractivity contribution is -0.0550. The summed E-state index contributed by atoms with van der Waals surface area (Å²) in [5.41, 5.74) is 2.60. The smallest absolute Gasteiger partial charge is 0.338 e. The Morgan fingerprint density at radius 1 is 0.366 bits per heavy atom. The fourth-order valence-electron chi connectivity index (χ4n) is 8.08. The summed E-state index contributed by atoms with van der Waals surface area (Å²) in [6.07, 6.45) is -3.45. The molecule has 8 aromatic rings. The molecule has 0 aliphatic heterocycles. The minimum atomic E-state index is -4.13. The Balaban J connectivity index is 0.000000209. The van der Waals surface area contributed by atoms with Gasteiger partial charge in [0.25, 0.3) is 20.2 Å². The van der Waals surface area contributed by atoms with Crippen molar-refractivity contribution in [2.45, 2.75) is 55.0 Å². The molecule has 0 aliphatic rings. The van der Waals surface area contributed by atoms with Crippen LogP contribution in [0, 0.1) is 11.3 Å². The minimum absolute atomic E-state index is 0.0549. The maximum absolute atomic E-state index is 13.3. The van der Waals surface area contributed by atoms with Crippen LogP contribution in [0.25, 0.3) is 0 Å². The van der Waals surface area contributed by atoms with Crippen LogP contribution in [-0.2, 0) is 38.1 Å². The molecule has 0 saturated heterocycles. The van der Waals surface area contributed by atoms with E-state index in [-0.39, 0.29) is 9.79 Å². The van der Waals surface area contributed by atoms with Gasteiger partial charge >= 0.3 is 11.9 Å². The van der Waals surface area contributed by atoms with Crippen molar-refractivity contribution in [3.63, 3.8) is 0 Å². The van der Waals surface area contributed by atoms with Crippen LogP contribution >= 0.6 is 0 Å². The van der Waals surface area contributed by atoms with Crippen molar-refractivity contribution in [2.24, 2.45) is 11.3 Å². The van der Waals surface area contributed by atoms with Crippen molar-refractivity contribution in [3.8, 4) is 0 Å². The minimum Gasteiger partial charge on any atom is -0.453 e. The molecule has 0 spiro atoms. The topological polar surface area (TPSA) is 139 Å². The summed E-state index contributed by atoms with van der Waals surface area (Å²) in [7, 11) is -8.22. The second-order valence-corrected chi connectivity index (χ2v) is 20.3. The van der Waals surface area contributed by atoms with Gasteiger partial charge in [0.1, 0.15) is 24.4 Å². The molecule has 0 aromatic heterocycles. The number of carbonyl (C=O) groups excluding carboxylic acids is 2. The molecule has 0 aliphatic carbocycles. The molecule has 0 bridgehead atoms. The summed E-state index contributed by atoms with van der Waals surface area (Å²) < 4.78 is 76.9. The van der Waals surface area contributed by atoms with Gasteiger partial charge in [0.2, 0.25) is 0 Å². The average Bonchev–Trinajstić information content (AvgIpc) is 3.42. The van der Waals surface area contributed by atoms with E-state index in [4.69, 9.17) is 17.8 Å². The molecule has 0 N–H and O–H groups in total. The molecule has 12 heteroatoms. The molecular formula is C59H54O10S2. The van der Waals surface area contributed by atoms with Gasteiger partial charge in [0, 0.05) is 11.3 Å². The molecule has 5 atom stereocenters. The van der Waals surface area contributed by atoms with Crippen LogP contribution in [0.2, 0.25) is 0 Å². The molecule has 0 radical (unpaired) electrons. The number of rotatable bonds is 18. The van der Waals surface area contributed by atoms with Gasteiger partial charge in [-0.25, -0.2) is 9.59 Å². The number of hydrogen-bond donors (Lipinski definition) is 0. The summed E-state index contributed by atoms with van der Waals surface area (Å²) in [6.45, 7) is 5.52. The van der Waals surface area contributed by atoms with Crippen LogP contribution in [0.4, 0.5) is 0 Å². The normalized spacial score (nSPS) is 13.7. The molecule has 8 aromatic carbocycles. The molecule has 10 nitrogen and oxygen atoms in total. The molecular weight excluding hydrogens is 933 g/mol. The van der Waals surface area contributed by atoms with Crippen LogP contribution in [0.1, 0.15) is 88.2 Å². The fraction of sp³-hybridized carbons (Fsp3) is 0.153. The van der Waals surface area contributed by atoms with E-state index in [9.17, 15) is 26.4 Å². The Kier molecular flexibility index (Phi) is 17.3. The van der Waals surface area contributed by atoms with E-state index in [2.05, 4.69) is 0 Å². The number of benzene rings is 8. The third kappa shape index (κ3) is 13.4. The molecule has 71 heavy (non-hydrogen) atoms. The molecule has 0 amide bonds. The summed E-state index contributed by atoms with van der Waals surface area (Å²) in [4.78, 5) is 26.3. The molecule has 0 saturated carbocycles. The number of hydrogen-bond acceptors (Lipinski definition) is 10. The Morgan fingerprint density at radius 2 is 0.662 bits per heavy atom. The third-order valence-electron chi connectivity index (χ3n) is 11.8. The van der Waals surface area contributed by atoms with Gasteiger partial charge in [0.15, 0.2) is 0 Å². The van der Waals surface area contributed by atoms with Gasteiger partial charge in [-0.2, -0.15) is 16.8 Å².